The molecule has 0 bridgehead atoms. The van der Waals surface area contributed by atoms with E-state index in [-0.39, 0.29) is 23.2 Å². The third-order valence-electron chi connectivity index (χ3n) is 4.89. The van der Waals surface area contributed by atoms with E-state index < -0.39 is 9.84 Å². The Hall–Kier alpha value is -1.63. The molecule has 1 saturated carbocycles. The van der Waals surface area contributed by atoms with Crippen LogP contribution in [0.25, 0.3) is 0 Å². The van der Waals surface area contributed by atoms with Gasteiger partial charge in [-0.3, -0.25) is 0 Å². The highest BCUT2D eigenvalue weighted by molar-refractivity contribution is 7.91. The van der Waals surface area contributed by atoms with Crippen LogP contribution >= 0.6 is 0 Å². The number of hydrogen-bond donors (Lipinski definition) is 2. The first-order valence-electron chi connectivity index (χ1n) is 9.00. The Labute approximate surface area is 149 Å². The highest BCUT2D eigenvalue weighted by atomic mass is 32.2. The van der Waals surface area contributed by atoms with Crippen LogP contribution in [0.1, 0.15) is 37.7 Å². The van der Waals surface area contributed by atoms with Crippen molar-refractivity contribution < 1.29 is 12.8 Å². The Kier molecular flexibility index (Phi) is 5.93. The molecular weight excluding hydrogens is 341 g/mol. The van der Waals surface area contributed by atoms with Crippen molar-refractivity contribution in [1.82, 2.24) is 10.6 Å². The van der Waals surface area contributed by atoms with Crippen molar-refractivity contribution in [3.05, 3.63) is 35.6 Å². The summed E-state index contributed by atoms with van der Waals surface area (Å²) in [6.45, 7) is 0.990. The lowest BCUT2D eigenvalue weighted by Crippen LogP contribution is -2.44. The minimum atomic E-state index is -2.87. The lowest BCUT2D eigenvalue weighted by Gasteiger charge is -2.19. The second-order valence-electron chi connectivity index (χ2n) is 7.07. The Morgan fingerprint density at radius 2 is 2.04 bits per heavy atom. The molecule has 1 aliphatic heterocycles. The van der Waals surface area contributed by atoms with Crippen molar-refractivity contribution in [3.63, 3.8) is 0 Å². The normalized spacial score (nSPS) is 23.7. The van der Waals surface area contributed by atoms with Crippen LogP contribution in [0.3, 0.4) is 0 Å². The molecule has 3 rings (SSSR count). The number of rotatable bonds is 5. The zero-order chi connectivity index (χ0) is 17.7. The Balaban J connectivity index is 1.60. The number of nitrogens with one attached hydrogen (secondary N) is 2. The average Bonchev–Trinajstić information content (AvgIpc) is 3.19. The van der Waals surface area contributed by atoms with E-state index in [0.29, 0.717) is 31.5 Å². The molecule has 1 aromatic carbocycles. The Bertz CT molecular complexity index is 715. The van der Waals surface area contributed by atoms with Crippen molar-refractivity contribution in [2.75, 3.05) is 18.1 Å². The van der Waals surface area contributed by atoms with Gasteiger partial charge in [-0.15, -0.1) is 0 Å². The molecule has 5 nitrogen and oxygen atoms in total. The highest BCUT2D eigenvalue weighted by Crippen LogP contribution is 2.19. The molecule has 0 radical (unpaired) electrons. The van der Waals surface area contributed by atoms with E-state index in [4.69, 9.17) is 0 Å². The average molecular weight is 367 g/mol. The molecule has 0 spiro atoms. The van der Waals surface area contributed by atoms with Crippen LogP contribution in [0.5, 0.6) is 0 Å². The van der Waals surface area contributed by atoms with Crippen molar-refractivity contribution in [1.29, 1.82) is 0 Å². The van der Waals surface area contributed by atoms with Gasteiger partial charge in [-0.1, -0.05) is 25.0 Å². The standard InChI is InChI=1S/C18H26FN3O2S/c19-16-5-3-4-14(10-16)11-20-18(22-17-6-1-2-7-17)21-12-15-8-9-25(23,24)13-15/h3-5,10,15,17H,1-2,6-9,11-13H2,(H2,20,21,22). The molecule has 1 saturated heterocycles. The molecule has 138 valence electrons. The van der Waals surface area contributed by atoms with E-state index in [2.05, 4.69) is 15.6 Å². The van der Waals surface area contributed by atoms with E-state index in [1.807, 2.05) is 6.07 Å². The third-order valence-corrected chi connectivity index (χ3v) is 6.73. The second kappa shape index (κ2) is 8.17. The monoisotopic (exact) mass is 367 g/mol. The molecule has 1 aliphatic carbocycles. The van der Waals surface area contributed by atoms with Gasteiger partial charge in [-0.25, -0.2) is 17.8 Å². The molecule has 1 aromatic rings. The highest BCUT2D eigenvalue weighted by Gasteiger charge is 2.28. The van der Waals surface area contributed by atoms with E-state index in [9.17, 15) is 12.8 Å². The van der Waals surface area contributed by atoms with Crippen LogP contribution in [-0.2, 0) is 16.4 Å². The first kappa shape index (κ1) is 18.2. The number of hydrogen-bond acceptors (Lipinski definition) is 3. The van der Waals surface area contributed by atoms with Crippen LogP contribution in [0.4, 0.5) is 4.39 Å². The van der Waals surface area contributed by atoms with Gasteiger partial charge in [-0.2, -0.15) is 0 Å². The van der Waals surface area contributed by atoms with Gasteiger partial charge < -0.3 is 10.6 Å². The van der Waals surface area contributed by atoms with E-state index >= 15 is 0 Å². The van der Waals surface area contributed by atoms with Gasteiger partial charge in [0.15, 0.2) is 15.8 Å². The fourth-order valence-corrected chi connectivity index (χ4v) is 5.36. The van der Waals surface area contributed by atoms with Crippen LogP contribution < -0.4 is 10.6 Å². The molecule has 1 atom stereocenters. The summed E-state index contributed by atoms with van der Waals surface area (Å²) >= 11 is 0. The van der Waals surface area contributed by atoms with Gasteiger partial charge in [0.2, 0.25) is 0 Å². The lowest BCUT2D eigenvalue weighted by molar-refractivity contribution is 0.553. The quantitative estimate of drug-likeness (QED) is 0.619. The Morgan fingerprint density at radius 1 is 1.24 bits per heavy atom. The number of benzene rings is 1. The first-order chi connectivity index (χ1) is 12.0. The third kappa shape index (κ3) is 5.70. The van der Waals surface area contributed by atoms with Gasteiger partial charge in [0, 0.05) is 12.6 Å². The van der Waals surface area contributed by atoms with Crippen LogP contribution in [0.15, 0.2) is 29.3 Å². The van der Waals surface area contributed by atoms with Gasteiger partial charge in [-0.05, 0) is 42.9 Å². The number of nitrogens with zero attached hydrogens (tertiary/aromatic N) is 1. The lowest BCUT2D eigenvalue weighted by atomic mass is 10.1. The molecule has 2 aliphatic rings. The van der Waals surface area contributed by atoms with Crippen molar-refractivity contribution in [3.8, 4) is 0 Å². The van der Waals surface area contributed by atoms with Gasteiger partial charge >= 0.3 is 0 Å². The fourth-order valence-electron chi connectivity index (χ4n) is 3.50. The van der Waals surface area contributed by atoms with E-state index in [1.54, 1.807) is 6.07 Å². The minimum Gasteiger partial charge on any atom is -0.356 e. The predicted molar refractivity (Wildman–Crippen MR) is 97.7 cm³/mol. The molecule has 2 N–H and O–H groups in total. The minimum absolute atomic E-state index is 0.134. The summed E-state index contributed by atoms with van der Waals surface area (Å²) in [4.78, 5) is 4.57. The summed E-state index contributed by atoms with van der Waals surface area (Å²) in [5.41, 5.74) is 0.816. The van der Waals surface area contributed by atoms with Crippen molar-refractivity contribution >= 4 is 15.8 Å². The smallest absolute Gasteiger partial charge is 0.191 e. The first-order valence-corrected chi connectivity index (χ1v) is 10.8. The molecule has 25 heavy (non-hydrogen) atoms. The van der Waals surface area contributed by atoms with Crippen LogP contribution in [0.2, 0.25) is 0 Å². The largest absolute Gasteiger partial charge is 0.356 e. The summed E-state index contributed by atoms with van der Waals surface area (Å²) in [5, 5.41) is 6.73. The molecule has 0 aromatic heterocycles. The van der Waals surface area contributed by atoms with Crippen molar-refractivity contribution in [2.24, 2.45) is 10.9 Å². The predicted octanol–water partition coefficient (Wildman–Crippen LogP) is 2.24. The van der Waals surface area contributed by atoms with Gasteiger partial charge in [0.05, 0.1) is 18.1 Å². The number of sulfone groups is 1. The topological polar surface area (TPSA) is 70.6 Å². The van der Waals surface area contributed by atoms with E-state index in [1.165, 1.54) is 25.0 Å². The van der Waals surface area contributed by atoms with Gasteiger partial charge in [0.1, 0.15) is 5.82 Å². The molecule has 2 fully saturated rings. The van der Waals surface area contributed by atoms with Crippen molar-refractivity contribution in [2.45, 2.75) is 44.7 Å². The summed E-state index contributed by atoms with van der Waals surface area (Å²) in [7, 11) is -2.87. The van der Waals surface area contributed by atoms with Gasteiger partial charge in [0.25, 0.3) is 0 Å². The summed E-state index contributed by atoms with van der Waals surface area (Å²) in [6.07, 6.45) is 5.39. The number of halogens is 1. The number of guanidine groups is 1. The molecule has 0 amide bonds. The molecular formula is C18H26FN3O2S. The zero-order valence-electron chi connectivity index (χ0n) is 14.4. The maximum atomic E-state index is 13.3. The van der Waals surface area contributed by atoms with Crippen LogP contribution in [-0.4, -0.2) is 38.5 Å². The maximum absolute atomic E-state index is 13.3. The molecule has 7 heteroatoms. The zero-order valence-corrected chi connectivity index (χ0v) is 15.2. The van der Waals surface area contributed by atoms with Crippen LogP contribution in [0, 0.1) is 11.7 Å². The fraction of sp³-hybridized carbons (Fsp3) is 0.611. The second-order valence-corrected chi connectivity index (χ2v) is 9.30. The SMILES string of the molecule is O=S1(=O)CCC(CNC(=NCc2cccc(F)c2)NC2CCCC2)C1. The summed E-state index contributed by atoms with van der Waals surface area (Å²) in [6, 6.07) is 6.85. The molecule has 1 unspecified atom stereocenters. The Morgan fingerprint density at radius 3 is 2.72 bits per heavy atom. The summed E-state index contributed by atoms with van der Waals surface area (Å²) in [5.74, 6) is 1.10. The van der Waals surface area contributed by atoms with E-state index in [0.717, 1.165) is 18.4 Å². The number of aliphatic imine (C=N–C) groups is 1. The molecule has 1 heterocycles. The summed E-state index contributed by atoms with van der Waals surface area (Å²) < 4.78 is 36.5. The maximum Gasteiger partial charge on any atom is 0.191 e.